The molecule has 0 spiro atoms. The Balaban J connectivity index is 2.10. The van der Waals surface area contributed by atoms with E-state index in [0.29, 0.717) is 0 Å². The first-order chi connectivity index (χ1) is 10.8. The summed E-state index contributed by atoms with van der Waals surface area (Å²) >= 11 is 0. The van der Waals surface area contributed by atoms with E-state index in [4.69, 9.17) is 9.47 Å². The highest BCUT2D eigenvalue weighted by atomic mass is 16.6. The third kappa shape index (κ3) is 4.71. The number of ether oxygens (including phenoxy) is 2. The van der Waals surface area contributed by atoms with Crippen LogP contribution in [0, 0.1) is 5.92 Å². The molecule has 2 atom stereocenters. The number of nitrogens with one attached hydrogen (secondary N) is 1. The zero-order valence-electron chi connectivity index (χ0n) is 14.2. The van der Waals surface area contributed by atoms with Gasteiger partial charge in [0.15, 0.2) is 0 Å². The van der Waals surface area contributed by atoms with E-state index in [-0.39, 0.29) is 5.92 Å². The summed E-state index contributed by atoms with van der Waals surface area (Å²) in [6, 6.07) is 7.51. The number of rotatable bonds is 3. The highest BCUT2D eigenvalue weighted by molar-refractivity contribution is 5.81. The van der Waals surface area contributed by atoms with Crippen molar-refractivity contribution in [3.8, 4) is 0 Å². The van der Waals surface area contributed by atoms with Gasteiger partial charge in [0.1, 0.15) is 11.6 Å². The van der Waals surface area contributed by atoms with Gasteiger partial charge in [0.05, 0.1) is 7.11 Å². The standard InChI is InChI=1S/C18H25NO4/c1-18(2,3)23-17(21)19-15(16(20)22-4)14-10-9-12-7-5-6-8-13(12)11-14/h5-8,14-15H,9-11H2,1-4H3,(H,19,21). The molecule has 2 unspecified atom stereocenters. The average Bonchev–Trinajstić information content (AvgIpc) is 2.49. The van der Waals surface area contributed by atoms with Crippen LogP contribution < -0.4 is 5.32 Å². The zero-order valence-corrected chi connectivity index (χ0v) is 14.2. The molecule has 1 N–H and O–H groups in total. The molecule has 0 bridgehead atoms. The van der Waals surface area contributed by atoms with Crippen molar-refractivity contribution in [3.05, 3.63) is 35.4 Å². The van der Waals surface area contributed by atoms with Crippen LogP contribution in [0.1, 0.15) is 38.3 Å². The lowest BCUT2D eigenvalue weighted by atomic mass is 9.80. The van der Waals surface area contributed by atoms with Crippen LogP contribution in [-0.2, 0) is 27.1 Å². The average molecular weight is 319 g/mol. The van der Waals surface area contributed by atoms with Gasteiger partial charge in [0, 0.05) is 0 Å². The molecule has 2 rings (SSSR count). The van der Waals surface area contributed by atoms with E-state index in [1.165, 1.54) is 18.2 Å². The molecule has 0 aliphatic heterocycles. The molecular formula is C18H25NO4. The van der Waals surface area contributed by atoms with E-state index >= 15 is 0 Å². The number of esters is 1. The van der Waals surface area contributed by atoms with Crippen LogP contribution in [0.2, 0.25) is 0 Å². The monoisotopic (exact) mass is 319 g/mol. The van der Waals surface area contributed by atoms with E-state index in [1.54, 1.807) is 20.8 Å². The topological polar surface area (TPSA) is 64.6 Å². The molecule has 1 amide bonds. The molecule has 1 aromatic rings. The smallest absolute Gasteiger partial charge is 0.408 e. The Morgan fingerprint density at radius 2 is 1.87 bits per heavy atom. The van der Waals surface area contributed by atoms with Crippen molar-refractivity contribution in [3.63, 3.8) is 0 Å². The highest BCUT2D eigenvalue weighted by Crippen LogP contribution is 2.28. The van der Waals surface area contributed by atoms with Crippen LogP contribution in [0.25, 0.3) is 0 Å². The van der Waals surface area contributed by atoms with Gasteiger partial charge in [-0.25, -0.2) is 9.59 Å². The lowest BCUT2D eigenvalue weighted by Crippen LogP contribution is -2.49. The number of aryl methyl sites for hydroxylation is 1. The first-order valence-corrected chi connectivity index (χ1v) is 7.94. The van der Waals surface area contributed by atoms with Gasteiger partial charge in [-0.1, -0.05) is 24.3 Å². The van der Waals surface area contributed by atoms with Crippen molar-refractivity contribution in [2.75, 3.05) is 7.11 Å². The molecule has 23 heavy (non-hydrogen) atoms. The largest absolute Gasteiger partial charge is 0.467 e. The van der Waals surface area contributed by atoms with Crippen LogP contribution in [0.3, 0.4) is 0 Å². The molecule has 0 heterocycles. The first kappa shape index (κ1) is 17.3. The molecule has 0 fully saturated rings. The van der Waals surface area contributed by atoms with Gasteiger partial charge in [0.2, 0.25) is 0 Å². The minimum atomic E-state index is -0.691. The predicted molar refractivity (Wildman–Crippen MR) is 87.1 cm³/mol. The SMILES string of the molecule is COC(=O)C(NC(=O)OC(C)(C)C)C1CCc2ccccc2C1. The summed E-state index contributed by atoms with van der Waals surface area (Å²) in [5.41, 5.74) is 1.93. The minimum absolute atomic E-state index is 0.00451. The Morgan fingerprint density at radius 1 is 1.22 bits per heavy atom. The number of methoxy groups -OCH3 is 1. The molecule has 0 saturated heterocycles. The fourth-order valence-electron chi connectivity index (χ4n) is 2.94. The van der Waals surface area contributed by atoms with Gasteiger partial charge >= 0.3 is 12.1 Å². The second kappa shape index (κ2) is 7.02. The molecular weight excluding hydrogens is 294 g/mol. The van der Waals surface area contributed by atoms with Crippen molar-refractivity contribution in [1.82, 2.24) is 5.32 Å². The lowest BCUT2D eigenvalue weighted by Gasteiger charge is -2.31. The normalized spacial score (nSPS) is 18.5. The molecule has 1 aliphatic rings. The van der Waals surface area contributed by atoms with E-state index in [9.17, 15) is 9.59 Å². The van der Waals surface area contributed by atoms with E-state index in [0.717, 1.165) is 19.3 Å². The molecule has 5 heteroatoms. The molecule has 126 valence electrons. The molecule has 0 saturated carbocycles. The maximum atomic E-state index is 12.1. The van der Waals surface area contributed by atoms with Crippen LogP contribution in [0.4, 0.5) is 4.79 Å². The summed E-state index contributed by atoms with van der Waals surface area (Å²) in [6.45, 7) is 5.36. The number of hydrogen-bond donors (Lipinski definition) is 1. The summed E-state index contributed by atoms with van der Waals surface area (Å²) in [7, 11) is 1.34. The van der Waals surface area contributed by atoms with Crippen LogP contribution in [0.15, 0.2) is 24.3 Å². The summed E-state index contributed by atoms with van der Waals surface area (Å²) < 4.78 is 10.1. The van der Waals surface area contributed by atoms with Crippen LogP contribution >= 0.6 is 0 Å². The van der Waals surface area contributed by atoms with Gasteiger partial charge in [-0.05, 0) is 57.1 Å². The number of fused-ring (bicyclic) bond motifs is 1. The van der Waals surface area contributed by atoms with Gasteiger partial charge in [-0.2, -0.15) is 0 Å². The number of alkyl carbamates (subject to hydrolysis) is 1. The van der Waals surface area contributed by atoms with Crippen molar-refractivity contribution in [2.45, 2.75) is 51.7 Å². The van der Waals surface area contributed by atoms with Gasteiger partial charge in [-0.15, -0.1) is 0 Å². The fraction of sp³-hybridized carbons (Fsp3) is 0.556. The number of carbonyl (C=O) groups is 2. The summed E-state index contributed by atoms with van der Waals surface area (Å²) in [6.07, 6.45) is 1.87. The fourth-order valence-corrected chi connectivity index (χ4v) is 2.94. The number of amides is 1. The molecule has 0 aromatic heterocycles. The molecule has 5 nitrogen and oxygen atoms in total. The van der Waals surface area contributed by atoms with Gasteiger partial charge < -0.3 is 14.8 Å². The quantitative estimate of drug-likeness (QED) is 0.870. The van der Waals surface area contributed by atoms with Crippen LogP contribution in [-0.4, -0.2) is 30.8 Å². The minimum Gasteiger partial charge on any atom is -0.467 e. The second-order valence-electron chi connectivity index (χ2n) is 6.92. The van der Waals surface area contributed by atoms with Crippen LogP contribution in [0.5, 0.6) is 0 Å². The Hall–Kier alpha value is -2.04. The second-order valence-corrected chi connectivity index (χ2v) is 6.92. The van der Waals surface area contributed by atoms with E-state index in [2.05, 4.69) is 17.4 Å². The van der Waals surface area contributed by atoms with Crippen molar-refractivity contribution < 1.29 is 19.1 Å². The Labute approximate surface area is 137 Å². The maximum Gasteiger partial charge on any atom is 0.408 e. The summed E-state index contributed by atoms with van der Waals surface area (Å²) in [4.78, 5) is 24.2. The van der Waals surface area contributed by atoms with Crippen molar-refractivity contribution in [2.24, 2.45) is 5.92 Å². The number of hydrogen-bond acceptors (Lipinski definition) is 4. The Bertz CT molecular complexity index is 577. The Kier molecular flexibility index (Phi) is 5.29. The number of benzene rings is 1. The van der Waals surface area contributed by atoms with Crippen molar-refractivity contribution in [1.29, 1.82) is 0 Å². The molecule has 0 radical (unpaired) electrons. The summed E-state index contributed by atoms with van der Waals surface area (Å²) in [5.74, 6) is -0.426. The van der Waals surface area contributed by atoms with Gasteiger partial charge in [0.25, 0.3) is 0 Å². The zero-order chi connectivity index (χ0) is 17.0. The summed E-state index contributed by atoms with van der Waals surface area (Å²) in [5, 5.41) is 2.69. The predicted octanol–water partition coefficient (Wildman–Crippen LogP) is 2.86. The highest BCUT2D eigenvalue weighted by Gasteiger charge is 2.34. The van der Waals surface area contributed by atoms with E-state index in [1.807, 2.05) is 12.1 Å². The first-order valence-electron chi connectivity index (χ1n) is 7.94. The lowest BCUT2D eigenvalue weighted by molar-refractivity contribution is -0.144. The van der Waals surface area contributed by atoms with E-state index < -0.39 is 23.7 Å². The molecule has 1 aliphatic carbocycles. The van der Waals surface area contributed by atoms with Gasteiger partial charge in [-0.3, -0.25) is 0 Å². The third-order valence-electron chi connectivity index (χ3n) is 3.98. The van der Waals surface area contributed by atoms with Crippen molar-refractivity contribution >= 4 is 12.1 Å². The molecule has 1 aromatic carbocycles. The maximum absolute atomic E-state index is 12.1. The Morgan fingerprint density at radius 3 is 2.48 bits per heavy atom. The number of carbonyl (C=O) groups excluding carboxylic acids is 2. The third-order valence-corrected chi connectivity index (χ3v) is 3.98.